The molecule has 2 fully saturated rings. The molecule has 0 amide bonds. The largest absolute Gasteiger partial charge is 0.396 e. The summed E-state index contributed by atoms with van der Waals surface area (Å²) in [5.74, 6) is 0.700. The van der Waals surface area contributed by atoms with Gasteiger partial charge in [-0.15, -0.1) is 0 Å². The second-order valence-corrected chi connectivity index (χ2v) is 5.82. The quantitative estimate of drug-likeness (QED) is 0.869. The van der Waals surface area contributed by atoms with Gasteiger partial charge in [-0.2, -0.15) is 0 Å². The van der Waals surface area contributed by atoms with E-state index in [2.05, 4.69) is 19.8 Å². The Hall–Kier alpha value is -1.27. The lowest BCUT2D eigenvalue weighted by Crippen LogP contribution is -2.57. The molecule has 1 unspecified atom stereocenters. The number of aliphatic hydroxyl groups is 1. The van der Waals surface area contributed by atoms with Gasteiger partial charge in [0.1, 0.15) is 0 Å². The molecule has 6 heteroatoms. The average Bonchev–Trinajstić information content (AvgIpc) is 2.49. The van der Waals surface area contributed by atoms with E-state index in [0.717, 1.165) is 39.0 Å². The SMILES string of the molecule is Cc1nc(N2CCN3C[C@H](CO)CCC3C2)ncc1F. The Bertz CT molecular complexity index is 484. The molecule has 1 aromatic rings. The van der Waals surface area contributed by atoms with Crippen molar-refractivity contribution in [1.82, 2.24) is 14.9 Å². The van der Waals surface area contributed by atoms with E-state index < -0.39 is 0 Å². The molecule has 20 heavy (non-hydrogen) atoms. The Kier molecular flexibility index (Phi) is 3.85. The minimum Gasteiger partial charge on any atom is -0.396 e. The van der Waals surface area contributed by atoms with Crippen LogP contribution in [0.15, 0.2) is 6.20 Å². The van der Waals surface area contributed by atoms with E-state index in [1.807, 2.05) is 0 Å². The molecule has 2 aliphatic heterocycles. The average molecular weight is 280 g/mol. The van der Waals surface area contributed by atoms with Gasteiger partial charge in [-0.1, -0.05) is 0 Å². The molecular weight excluding hydrogens is 259 g/mol. The highest BCUT2D eigenvalue weighted by Gasteiger charge is 2.33. The van der Waals surface area contributed by atoms with Crippen molar-refractivity contribution in [3.05, 3.63) is 17.7 Å². The smallest absolute Gasteiger partial charge is 0.225 e. The van der Waals surface area contributed by atoms with Crippen LogP contribution in [-0.4, -0.2) is 58.8 Å². The predicted molar refractivity (Wildman–Crippen MR) is 74.1 cm³/mol. The number of fused-ring (bicyclic) bond motifs is 1. The first-order valence-electron chi connectivity index (χ1n) is 7.26. The number of piperidine rings is 1. The van der Waals surface area contributed by atoms with E-state index in [9.17, 15) is 9.50 Å². The third-order valence-electron chi connectivity index (χ3n) is 4.45. The van der Waals surface area contributed by atoms with E-state index >= 15 is 0 Å². The van der Waals surface area contributed by atoms with Crippen molar-refractivity contribution in [2.75, 3.05) is 37.7 Å². The van der Waals surface area contributed by atoms with Crippen LogP contribution in [-0.2, 0) is 0 Å². The van der Waals surface area contributed by atoms with Gasteiger partial charge in [0.05, 0.1) is 11.9 Å². The van der Waals surface area contributed by atoms with Crippen molar-refractivity contribution < 1.29 is 9.50 Å². The van der Waals surface area contributed by atoms with Crippen molar-refractivity contribution in [3.8, 4) is 0 Å². The summed E-state index contributed by atoms with van der Waals surface area (Å²) in [4.78, 5) is 13.0. The van der Waals surface area contributed by atoms with Crippen LogP contribution in [0.5, 0.6) is 0 Å². The van der Waals surface area contributed by atoms with Crippen molar-refractivity contribution in [3.63, 3.8) is 0 Å². The molecule has 3 rings (SSSR count). The second-order valence-electron chi connectivity index (χ2n) is 5.82. The fraction of sp³-hybridized carbons (Fsp3) is 0.714. The van der Waals surface area contributed by atoms with Gasteiger partial charge in [-0.25, -0.2) is 14.4 Å². The summed E-state index contributed by atoms with van der Waals surface area (Å²) in [5.41, 5.74) is 0.404. The zero-order valence-electron chi connectivity index (χ0n) is 11.8. The minimum absolute atomic E-state index is 0.285. The number of aliphatic hydroxyl groups excluding tert-OH is 1. The number of hydrogen-bond donors (Lipinski definition) is 1. The van der Waals surface area contributed by atoms with Crippen LogP contribution in [0.4, 0.5) is 10.3 Å². The maximum Gasteiger partial charge on any atom is 0.225 e. The second kappa shape index (κ2) is 5.61. The number of halogens is 1. The summed E-state index contributed by atoms with van der Waals surface area (Å²) in [6.45, 7) is 5.65. The Balaban J connectivity index is 1.68. The lowest BCUT2D eigenvalue weighted by Gasteiger charge is -2.46. The zero-order chi connectivity index (χ0) is 14.1. The van der Waals surface area contributed by atoms with Crippen molar-refractivity contribution in [1.29, 1.82) is 0 Å². The van der Waals surface area contributed by atoms with Gasteiger partial charge in [0.15, 0.2) is 5.82 Å². The van der Waals surface area contributed by atoms with Crippen LogP contribution in [0.3, 0.4) is 0 Å². The van der Waals surface area contributed by atoms with E-state index in [1.165, 1.54) is 6.20 Å². The molecule has 0 aromatic carbocycles. The number of anilines is 1. The molecular formula is C14H21FN4O. The summed E-state index contributed by atoms with van der Waals surface area (Å²) in [6, 6.07) is 0.500. The Morgan fingerprint density at radius 3 is 2.95 bits per heavy atom. The van der Waals surface area contributed by atoms with Crippen LogP contribution in [0.1, 0.15) is 18.5 Å². The van der Waals surface area contributed by atoms with E-state index in [-0.39, 0.29) is 12.4 Å². The van der Waals surface area contributed by atoms with Gasteiger partial charge in [-0.3, -0.25) is 4.90 Å². The molecule has 3 heterocycles. The lowest BCUT2D eigenvalue weighted by molar-refractivity contribution is 0.0670. The summed E-state index contributed by atoms with van der Waals surface area (Å²) < 4.78 is 13.2. The summed E-state index contributed by atoms with van der Waals surface area (Å²) in [6.07, 6.45) is 3.43. The van der Waals surface area contributed by atoms with Gasteiger partial charge in [0.25, 0.3) is 0 Å². The van der Waals surface area contributed by atoms with Crippen molar-refractivity contribution in [2.45, 2.75) is 25.8 Å². The highest BCUT2D eigenvalue weighted by atomic mass is 19.1. The Morgan fingerprint density at radius 2 is 2.20 bits per heavy atom. The predicted octanol–water partition coefficient (Wildman–Crippen LogP) is 0.817. The summed E-state index contributed by atoms with van der Waals surface area (Å²) >= 11 is 0. The molecule has 0 radical (unpaired) electrons. The van der Waals surface area contributed by atoms with Gasteiger partial charge < -0.3 is 10.0 Å². The summed E-state index contributed by atoms with van der Waals surface area (Å²) in [7, 11) is 0. The van der Waals surface area contributed by atoms with Gasteiger partial charge in [0, 0.05) is 38.8 Å². The fourth-order valence-electron chi connectivity index (χ4n) is 3.18. The number of nitrogens with zero attached hydrogens (tertiary/aromatic N) is 4. The third kappa shape index (κ3) is 2.62. The summed E-state index contributed by atoms with van der Waals surface area (Å²) in [5, 5.41) is 9.28. The molecule has 2 atom stereocenters. The van der Waals surface area contributed by atoms with Gasteiger partial charge in [-0.05, 0) is 25.7 Å². The van der Waals surface area contributed by atoms with E-state index in [4.69, 9.17) is 0 Å². The minimum atomic E-state index is -0.351. The Morgan fingerprint density at radius 1 is 1.35 bits per heavy atom. The molecule has 0 aliphatic carbocycles. The first-order chi connectivity index (χ1) is 9.67. The first kappa shape index (κ1) is 13.7. The highest BCUT2D eigenvalue weighted by Crippen LogP contribution is 2.26. The van der Waals surface area contributed by atoms with E-state index in [1.54, 1.807) is 6.92 Å². The molecule has 2 aliphatic rings. The van der Waals surface area contributed by atoms with Crippen molar-refractivity contribution >= 4 is 5.95 Å². The maximum atomic E-state index is 13.2. The first-order valence-corrected chi connectivity index (χ1v) is 7.26. The standard InChI is InChI=1S/C14H21FN4O/c1-10-13(15)6-16-14(17-10)19-5-4-18-7-11(9-20)2-3-12(18)8-19/h6,11-12,20H,2-5,7-9H2,1H3/t11-,12?/m1/s1. The number of aromatic nitrogens is 2. The highest BCUT2D eigenvalue weighted by molar-refractivity contribution is 5.32. The zero-order valence-corrected chi connectivity index (χ0v) is 11.8. The number of aryl methyl sites for hydroxylation is 1. The maximum absolute atomic E-state index is 13.2. The normalized spacial score (nSPS) is 27.4. The van der Waals surface area contributed by atoms with Crippen LogP contribution in [0, 0.1) is 18.7 Å². The molecule has 0 spiro atoms. The van der Waals surface area contributed by atoms with Crippen LogP contribution < -0.4 is 4.90 Å². The monoisotopic (exact) mass is 280 g/mol. The molecule has 110 valence electrons. The topological polar surface area (TPSA) is 52.5 Å². The van der Waals surface area contributed by atoms with Crippen LogP contribution in [0.25, 0.3) is 0 Å². The number of rotatable bonds is 2. The molecule has 1 N–H and O–H groups in total. The van der Waals surface area contributed by atoms with Crippen LogP contribution in [0.2, 0.25) is 0 Å². The molecule has 1 aromatic heterocycles. The van der Waals surface area contributed by atoms with Crippen molar-refractivity contribution in [2.24, 2.45) is 5.92 Å². The number of hydrogen-bond acceptors (Lipinski definition) is 5. The lowest BCUT2D eigenvalue weighted by atomic mass is 9.92. The molecule has 0 saturated carbocycles. The molecule has 2 saturated heterocycles. The van der Waals surface area contributed by atoms with Crippen LogP contribution >= 0.6 is 0 Å². The fourth-order valence-corrected chi connectivity index (χ4v) is 3.18. The Labute approximate surface area is 118 Å². The van der Waals surface area contributed by atoms with E-state index in [0.29, 0.717) is 23.6 Å². The van der Waals surface area contributed by atoms with Gasteiger partial charge >= 0.3 is 0 Å². The molecule has 5 nitrogen and oxygen atoms in total. The van der Waals surface area contributed by atoms with Gasteiger partial charge in [0.2, 0.25) is 5.95 Å². The number of piperazine rings is 1. The molecule has 0 bridgehead atoms. The third-order valence-corrected chi connectivity index (χ3v) is 4.45.